The first-order valence-corrected chi connectivity index (χ1v) is 9.93. The fourth-order valence-electron chi connectivity index (χ4n) is 3.74. The van der Waals surface area contributed by atoms with Crippen molar-refractivity contribution in [2.45, 2.75) is 19.3 Å². The molecular weight excluding hydrogens is 354 g/mol. The number of anilines is 1. The molecular formula is C21H25N5O2. The molecule has 2 aromatic rings. The van der Waals surface area contributed by atoms with Crippen LogP contribution in [0.15, 0.2) is 36.4 Å². The molecule has 0 aliphatic carbocycles. The van der Waals surface area contributed by atoms with E-state index in [4.69, 9.17) is 4.98 Å². The third-order valence-electron chi connectivity index (χ3n) is 5.39. The van der Waals surface area contributed by atoms with Crippen molar-refractivity contribution >= 4 is 18.1 Å². The fraction of sp³-hybridized carbons (Fsp3) is 0.429. The average molecular weight is 379 g/mol. The first kappa shape index (κ1) is 18.4. The smallest absolute Gasteiger partial charge is 0.272 e. The minimum absolute atomic E-state index is 0.0941. The molecule has 1 aromatic carbocycles. The molecule has 2 aliphatic rings. The number of carbonyl (C=O) groups excluding carboxylic acids is 2. The van der Waals surface area contributed by atoms with E-state index in [0.29, 0.717) is 37.7 Å². The molecule has 0 saturated carbocycles. The van der Waals surface area contributed by atoms with Crippen LogP contribution in [-0.2, 0) is 4.79 Å². The molecule has 4 rings (SSSR count). The van der Waals surface area contributed by atoms with Gasteiger partial charge in [-0.05, 0) is 19.3 Å². The van der Waals surface area contributed by atoms with Crippen LogP contribution in [0.5, 0.6) is 0 Å². The van der Waals surface area contributed by atoms with Crippen molar-refractivity contribution in [1.82, 2.24) is 19.8 Å². The zero-order chi connectivity index (χ0) is 19.3. The summed E-state index contributed by atoms with van der Waals surface area (Å²) in [6.07, 6.45) is 4.36. The van der Waals surface area contributed by atoms with Crippen molar-refractivity contribution in [2.75, 3.05) is 44.2 Å². The molecule has 7 nitrogen and oxygen atoms in total. The van der Waals surface area contributed by atoms with Gasteiger partial charge in [0.1, 0.15) is 11.5 Å². The second kappa shape index (κ2) is 8.37. The lowest BCUT2D eigenvalue weighted by atomic mass is 10.1. The third kappa shape index (κ3) is 3.98. The van der Waals surface area contributed by atoms with Gasteiger partial charge in [-0.3, -0.25) is 9.59 Å². The minimum atomic E-state index is -0.0941. The molecule has 2 amide bonds. The Kier molecular flexibility index (Phi) is 5.50. The van der Waals surface area contributed by atoms with Gasteiger partial charge >= 0.3 is 0 Å². The van der Waals surface area contributed by atoms with Crippen LogP contribution in [0.3, 0.4) is 0 Å². The summed E-state index contributed by atoms with van der Waals surface area (Å²) in [5.41, 5.74) is 1.33. The molecule has 3 heterocycles. The maximum absolute atomic E-state index is 13.1. The SMILES string of the molecule is O=CN1CCN(C(=O)c2cc(N3CCCCC3)nc(-c3ccccc3)n2)CC1. The lowest BCUT2D eigenvalue weighted by Crippen LogP contribution is -2.48. The lowest BCUT2D eigenvalue weighted by Gasteiger charge is -2.32. The molecule has 1 aromatic heterocycles. The number of nitrogens with zero attached hydrogens (tertiary/aromatic N) is 5. The minimum Gasteiger partial charge on any atom is -0.356 e. The van der Waals surface area contributed by atoms with Gasteiger partial charge in [0.05, 0.1) is 0 Å². The molecule has 2 aliphatic heterocycles. The highest BCUT2D eigenvalue weighted by molar-refractivity contribution is 5.93. The molecule has 7 heteroatoms. The lowest BCUT2D eigenvalue weighted by molar-refractivity contribution is -0.119. The summed E-state index contributed by atoms with van der Waals surface area (Å²) in [5, 5.41) is 0. The summed E-state index contributed by atoms with van der Waals surface area (Å²) in [6.45, 7) is 4.09. The van der Waals surface area contributed by atoms with Crippen LogP contribution in [0.4, 0.5) is 5.82 Å². The topological polar surface area (TPSA) is 69.6 Å². The van der Waals surface area contributed by atoms with Crippen LogP contribution in [0.2, 0.25) is 0 Å². The number of hydrogen-bond donors (Lipinski definition) is 0. The van der Waals surface area contributed by atoms with Gasteiger partial charge in [-0.1, -0.05) is 30.3 Å². The molecule has 2 saturated heterocycles. The highest BCUT2D eigenvalue weighted by Crippen LogP contribution is 2.23. The van der Waals surface area contributed by atoms with Crippen molar-refractivity contribution in [3.05, 3.63) is 42.1 Å². The van der Waals surface area contributed by atoms with E-state index >= 15 is 0 Å². The maximum atomic E-state index is 13.1. The second-order valence-corrected chi connectivity index (χ2v) is 7.28. The van der Waals surface area contributed by atoms with Gasteiger partial charge in [0.25, 0.3) is 5.91 Å². The Bertz CT molecular complexity index is 828. The van der Waals surface area contributed by atoms with Gasteiger partial charge < -0.3 is 14.7 Å². The van der Waals surface area contributed by atoms with E-state index < -0.39 is 0 Å². The molecule has 2 fully saturated rings. The second-order valence-electron chi connectivity index (χ2n) is 7.28. The maximum Gasteiger partial charge on any atom is 0.272 e. The Hall–Kier alpha value is -2.96. The van der Waals surface area contributed by atoms with E-state index in [0.717, 1.165) is 43.7 Å². The van der Waals surface area contributed by atoms with Crippen LogP contribution in [-0.4, -0.2) is 71.4 Å². The molecule has 0 radical (unpaired) electrons. The summed E-state index contributed by atoms with van der Waals surface area (Å²) in [5.74, 6) is 1.31. The van der Waals surface area contributed by atoms with Crippen LogP contribution in [0.25, 0.3) is 11.4 Å². The van der Waals surface area contributed by atoms with Gasteiger partial charge in [0, 0.05) is 50.9 Å². The van der Waals surface area contributed by atoms with Crippen molar-refractivity contribution < 1.29 is 9.59 Å². The summed E-state index contributed by atoms with van der Waals surface area (Å²) < 4.78 is 0. The monoisotopic (exact) mass is 379 g/mol. The van der Waals surface area contributed by atoms with Gasteiger partial charge in [0.2, 0.25) is 6.41 Å². The van der Waals surface area contributed by atoms with Crippen LogP contribution in [0.1, 0.15) is 29.8 Å². The first-order chi connectivity index (χ1) is 13.7. The molecule has 0 bridgehead atoms. The first-order valence-electron chi connectivity index (χ1n) is 9.93. The number of piperazine rings is 1. The normalized spacial score (nSPS) is 17.5. The molecule has 0 atom stereocenters. The van der Waals surface area contributed by atoms with Crippen molar-refractivity contribution in [1.29, 1.82) is 0 Å². The predicted octanol–water partition coefficient (Wildman–Crippen LogP) is 2.05. The summed E-state index contributed by atoms with van der Waals surface area (Å²) in [6, 6.07) is 11.6. The third-order valence-corrected chi connectivity index (χ3v) is 5.39. The van der Waals surface area contributed by atoms with Gasteiger partial charge in [0.15, 0.2) is 5.82 Å². The fourth-order valence-corrected chi connectivity index (χ4v) is 3.74. The van der Waals surface area contributed by atoms with Gasteiger partial charge in [-0.2, -0.15) is 0 Å². The van der Waals surface area contributed by atoms with E-state index in [2.05, 4.69) is 9.88 Å². The van der Waals surface area contributed by atoms with Gasteiger partial charge in [-0.25, -0.2) is 9.97 Å². The largest absolute Gasteiger partial charge is 0.356 e. The van der Waals surface area contributed by atoms with Crippen LogP contribution in [0, 0.1) is 0 Å². The Labute approximate surface area is 165 Å². The van der Waals surface area contributed by atoms with Gasteiger partial charge in [-0.15, -0.1) is 0 Å². The molecule has 0 N–H and O–H groups in total. The highest BCUT2D eigenvalue weighted by Gasteiger charge is 2.24. The number of aromatic nitrogens is 2. The quantitative estimate of drug-likeness (QED) is 0.761. The van der Waals surface area contributed by atoms with E-state index in [-0.39, 0.29) is 5.91 Å². The van der Waals surface area contributed by atoms with Crippen LogP contribution < -0.4 is 4.90 Å². The zero-order valence-corrected chi connectivity index (χ0v) is 16.0. The summed E-state index contributed by atoms with van der Waals surface area (Å²) in [7, 11) is 0. The summed E-state index contributed by atoms with van der Waals surface area (Å²) in [4.78, 5) is 39.1. The zero-order valence-electron chi connectivity index (χ0n) is 16.0. The van der Waals surface area contributed by atoms with Crippen molar-refractivity contribution in [3.63, 3.8) is 0 Å². The Balaban J connectivity index is 1.65. The molecule has 146 valence electrons. The van der Waals surface area contributed by atoms with E-state index in [9.17, 15) is 9.59 Å². The van der Waals surface area contributed by atoms with Crippen molar-refractivity contribution in [3.8, 4) is 11.4 Å². The highest BCUT2D eigenvalue weighted by atomic mass is 16.2. The number of hydrogen-bond acceptors (Lipinski definition) is 5. The van der Waals surface area contributed by atoms with E-state index in [1.165, 1.54) is 6.42 Å². The van der Waals surface area contributed by atoms with Crippen LogP contribution >= 0.6 is 0 Å². The Morgan fingerprint density at radius 3 is 2.29 bits per heavy atom. The predicted molar refractivity (Wildman–Crippen MR) is 107 cm³/mol. The Morgan fingerprint density at radius 1 is 0.893 bits per heavy atom. The van der Waals surface area contributed by atoms with E-state index in [1.54, 1.807) is 9.80 Å². The number of rotatable bonds is 4. The number of benzene rings is 1. The molecule has 0 unspecified atom stereocenters. The van der Waals surface area contributed by atoms with Crippen molar-refractivity contribution in [2.24, 2.45) is 0 Å². The summed E-state index contributed by atoms with van der Waals surface area (Å²) >= 11 is 0. The van der Waals surface area contributed by atoms with E-state index in [1.807, 2.05) is 36.4 Å². The standard InChI is InChI=1S/C21H25N5O2/c27-16-24-11-13-26(14-12-24)21(28)18-15-19(25-9-5-2-6-10-25)23-20(22-18)17-7-3-1-4-8-17/h1,3-4,7-8,15-16H,2,5-6,9-14H2. The number of piperidine rings is 1. The Morgan fingerprint density at radius 2 is 1.61 bits per heavy atom. The average Bonchev–Trinajstić information content (AvgIpc) is 2.79. The molecule has 28 heavy (non-hydrogen) atoms. The molecule has 0 spiro atoms. The number of carbonyl (C=O) groups is 2. The number of amides is 2.